The van der Waals surface area contributed by atoms with Gasteiger partial charge in [0.1, 0.15) is 6.33 Å². The van der Waals surface area contributed by atoms with Gasteiger partial charge >= 0.3 is 6.03 Å². The Bertz CT molecular complexity index is 444. The summed E-state index contributed by atoms with van der Waals surface area (Å²) in [5.74, 6) is 2.82. The molecule has 0 aromatic carbocycles. The van der Waals surface area contributed by atoms with Crippen LogP contribution in [0.1, 0.15) is 38.5 Å². The molecule has 4 saturated carbocycles. The third-order valence-corrected chi connectivity index (χ3v) is 5.52. The summed E-state index contributed by atoms with van der Waals surface area (Å²) in [7, 11) is 0. The fraction of sp³-hybridized carbons (Fsp3) is 0.733. The Hall–Kier alpha value is -1.32. The van der Waals surface area contributed by atoms with Crippen molar-refractivity contribution < 1.29 is 4.79 Å². The second-order valence-corrected chi connectivity index (χ2v) is 7.05. The van der Waals surface area contributed by atoms with Crippen LogP contribution in [0.3, 0.4) is 0 Å². The SMILES string of the molecule is O=C(NCC12CC3CC(CC(C3)C1)C2)n1ccnc1. The molecule has 4 heteroatoms. The maximum Gasteiger partial charge on any atom is 0.326 e. The molecule has 1 heterocycles. The molecule has 1 N–H and O–H groups in total. The van der Waals surface area contributed by atoms with E-state index in [0.717, 1.165) is 24.3 Å². The summed E-state index contributed by atoms with van der Waals surface area (Å²) in [6.07, 6.45) is 13.3. The van der Waals surface area contributed by atoms with Crippen LogP contribution >= 0.6 is 0 Å². The molecule has 0 saturated heterocycles. The van der Waals surface area contributed by atoms with Crippen molar-refractivity contribution in [2.24, 2.45) is 23.2 Å². The van der Waals surface area contributed by atoms with E-state index in [0.29, 0.717) is 5.41 Å². The molecule has 1 aromatic rings. The zero-order valence-electron chi connectivity index (χ0n) is 11.2. The number of amides is 1. The number of hydrogen-bond acceptors (Lipinski definition) is 2. The topological polar surface area (TPSA) is 46.9 Å². The number of aromatic nitrogens is 2. The molecule has 102 valence electrons. The Balaban J connectivity index is 1.44. The first-order valence-electron chi connectivity index (χ1n) is 7.49. The van der Waals surface area contributed by atoms with E-state index in [-0.39, 0.29) is 6.03 Å². The molecule has 4 fully saturated rings. The van der Waals surface area contributed by atoms with E-state index in [4.69, 9.17) is 0 Å². The smallest absolute Gasteiger partial charge is 0.326 e. The van der Waals surface area contributed by atoms with Crippen molar-refractivity contribution in [3.63, 3.8) is 0 Å². The number of rotatable bonds is 2. The van der Waals surface area contributed by atoms with Crippen LogP contribution in [0.15, 0.2) is 18.7 Å². The number of nitrogens with one attached hydrogen (secondary N) is 1. The van der Waals surface area contributed by atoms with Gasteiger partial charge in [-0.1, -0.05) is 0 Å². The Labute approximate surface area is 113 Å². The lowest BCUT2D eigenvalue weighted by atomic mass is 9.49. The summed E-state index contributed by atoms with van der Waals surface area (Å²) in [5, 5.41) is 3.13. The fourth-order valence-corrected chi connectivity index (χ4v) is 5.24. The van der Waals surface area contributed by atoms with Crippen LogP contribution in [0.4, 0.5) is 4.79 Å². The highest BCUT2D eigenvalue weighted by atomic mass is 16.2. The quantitative estimate of drug-likeness (QED) is 0.887. The van der Waals surface area contributed by atoms with E-state index < -0.39 is 0 Å². The molecule has 4 nitrogen and oxygen atoms in total. The van der Waals surface area contributed by atoms with Crippen molar-refractivity contribution >= 4 is 6.03 Å². The lowest BCUT2D eigenvalue weighted by Crippen LogP contribution is -2.51. The molecule has 0 atom stereocenters. The van der Waals surface area contributed by atoms with Crippen molar-refractivity contribution in [2.45, 2.75) is 38.5 Å². The summed E-state index contributed by atoms with van der Waals surface area (Å²) in [6, 6.07) is -0.0340. The molecule has 0 radical (unpaired) electrons. The summed E-state index contributed by atoms with van der Waals surface area (Å²) in [5.41, 5.74) is 0.408. The highest BCUT2D eigenvalue weighted by Crippen LogP contribution is 2.59. The molecule has 0 spiro atoms. The van der Waals surface area contributed by atoms with Gasteiger partial charge in [0, 0.05) is 18.9 Å². The van der Waals surface area contributed by atoms with Crippen LogP contribution in [0, 0.1) is 23.2 Å². The van der Waals surface area contributed by atoms with Crippen LogP contribution in [-0.4, -0.2) is 22.1 Å². The maximum absolute atomic E-state index is 12.0. The molecule has 19 heavy (non-hydrogen) atoms. The van der Waals surface area contributed by atoms with Crippen LogP contribution in [0.2, 0.25) is 0 Å². The maximum atomic E-state index is 12.0. The Morgan fingerprint density at radius 3 is 2.37 bits per heavy atom. The fourth-order valence-electron chi connectivity index (χ4n) is 5.24. The van der Waals surface area contributed by atoms with Gasteiger partial charge in [0.25, 0.3) is 0 Å². The molecule has 1 amide bonds. The van der Waals surface area contributed by atoms with Crippen molar-refractivity contribution in [3.05, 3.63) is 18.7 Å². The summed E-state index contributed by atoms with van der Waals surface area (Å²) in [4.78, 5) is 15.9. The van der Waals surface area contributed by atoms with E-state index in [9.17, 15) is 4.79 Å². The molecular formula is C15H21N3O. The van der Waals surface area contributed by atoms with Crippen molar-refractivity contribution in [3.8, 4) is 0 Å². The van der Waals surface area contributed by atoms with Crippen LogP contribution < -0.4 is 5.32 Å². The summed E-state index contributed by atoms with van der Waals surface area (Å²) < 4.78 is 1.53. The Morgan fingerprint density at radius 1 is 1.21 bits per heavy atom. The van der Waals surface area contributed by atoms with Gasteiger partial charge in [0.05, 0.1) is 0 Å². The monoisotopic (exact) mass is 259 g/mol. The van der Waals surface area contributed by atoms with E-state index in [2.05, 4.69) is 10.3 Å². The second-order valence-electron chi connectivity index (χ2n) is 7.05. The van der Waals surface area contributed by atoms with Gasteiger partial charge in [-0.2, -0.15) is 0 Å². The number of carbonyl (C=O) groups excluding carboxylic acids is 1. The highest BCUT2D eigenvalue weighted by molar-refractivity contribution is 5.76. The molecule has 4 bridgehead atoms. The number of nitrogens with zero attached hydrogens (tertiary/aromatic N) is 2. The zero-order valence-corrected chi connectivity index (χ0v) is 11.2. The largest absolute Gasteiger partial charge is 0.337 e. The van der Waals surface area contributed by atoms with Gasteiger partial charge in [-0.05, 0) is 61.7 Å². The Morgan fingerprint density at radius 2 is 1.84 bits per heavy atom. The predicted octanol–water partition coefficient (Wildman–Crippen LogP) is 2.66. The van der Waals surface area contributed by atoms with Gasteiger partial charge in [0.2, 0.25) is 0 Å². The van der Waals surface area contributed by atoms with Gasteiger partial charge in [-0.15, -0.1) is 0 Å². The van der Waals surface area contributed by atoms with E-state index >= 15 is 0 Å². The predicted molar refractivity (Wildman–Crippen MR) is 71.6 cm³/mol. The van der Waals surface area contributed by atoms with E-state index in [1.165, 1.54) is 43.1 Å². The first-order valence-corrected chi connectivity index (χ1v) is 7.49. The second kappa shape index (κ2) is 4.09. The molecule has 0 aliphatic heterocycles. The van der Waals surface area contributed by atoms with Crippen LogP contribution in [0.25, 0.3) is 0 Å². The van der Waals surface area contributed by atoms with Crippen molar-refractivity contribution in [2.75, 3.05) is 6.54 Å². The molecular weight excluding hydrogens is 238 g/mol. The molecule has 4 aliphatic carbocycles. The minimum absolute atomic E-state index is 0.0340. The standard InChI is InChI=1S/C15H21N3O/c19-14(18-2-1-16-10-18)17-9-15-6-11-3-12(7-15)5-13(4-11)8-15/h1-2,10-13H,3-9H2,(H,17,19). The Kier molecular flexibility index (Phi) is 2.47. The van der Waals surface area contributed by atoms with Crippen LogP contribution in [-0.2, 0) is 0 Å². The third-order valence-electron chi connectivity index (χ3n) is 5.52. The van der Waals surface area contributed by atoms with E-state index in [1.807, 2.05) is 0 Å². The summed E-state index contributed by atoms with van der Waals surface area (Å²) in [6.45, 7) is 0.855. The number of hydrogen-bond donors (Lipinski definition) is 1. The van der Waals surface area contributed by atoms with Crippen molar-refractivity contribution in [1.82, 2.24) is 14.9 Å². The van der Waals surface area contributed by atoms with Crippen LogP contribution in [0.5, 0.6) is 0 Å². The van der Waals surface area contributed by atoms with Crippen molar-refractivity contribution in [1.29, 1.82) is 0 Å². The number of imidazole rings is 1. The molecule has 5 rings (SSSR count). The molecule has 0 unspecified atom stereocenters. The first kappa shape index (κ1) is 11.5. The third kappa shape index (κ3) is 1.97. The lowest BCUT2D eigenvalue weighted by Gasteiger charge is -2.56. The first-order chi connectivity index (χ1) is 9.22. The minimum atomic E-state index is -0.0340. The van der Waals surface area contributed by atoms with Gasteiger partial charge in [0.15, 0.2) is 0 Å². The normalized spacial score (nSPS) is 39.5. The van der Waals surface area contributed by atoms with E-state index in [1.54, 1.807) is 18.7 Å². The number of carbonyl (C=O) groups is 1. The highest BCUT2D eigenvalue weighted by Gasteiger charge is 2.50. The zero-order chi connectivity index (χ0) is 12.9. The van der Waals surface area contributed by atoms with Gasteiger partial charge < -0.3 is 5.32 Å². The average Bonchev–Trinajstić information content (AvgIpc) is 2.88. The summed E-state index contributed by atoms with van der Waals surface area (Å²) >= 11 is 0. The lowest BCUT2D eigenvalue weighted by molar-refractivity contribution is -0.0498. The molecule has 4 aliphatic rings. The van der Waals surface area contributed by atoms with Gasteiger partial charge in [-0.25, -0.2) is 9.78 Å². The van der Waals surface area contributed by atoms with Gasteiger partial charge in [-0.3, -0.25) is 4.57 Å². The molecule has 1 aromatic heterocycles. The average molecular weight is 259 g/mol. The minimum Gasteiger partial charge on any atom is -0.337 e.